The van der Waals surface area contributed by atoms with Crippen LogP contribution < -0.4 is 5.32 Å². The molecule has 0 spiro atoms. The summed E-state index contributed by atoms with van der Waals surface area (Å²) >= 11 is 0. The fourth-order valence-corrected chi connectivity index (χ4v) is 3.63. The quantitative estimate of drug-likeness (QED) is 0.766. The second kappa shape index (κ2) is 5.14. The smallest absolute Gasteiger partial charge is 0.308 e. The zero-order chi connectivity index (χ0) is 13.4. The number of hydrogen-bond acceptors (Lipinski definition) is 2. The molecule has 0 aliphatic heterocycles. The third kappa shape index (κ3) is 2.93. The average Bonchev–Trinajstić information content (AvgIpc) is 3.21. The van der Waals surface area contributed by atoms with E-state index in [-0.39, 0.29) is 23.8 Å². The van der Waals surface area contributed by atoms with Crippen LogP contribution in [0, 0.1) is 23.7 Å². The molecule has 0 aromatic carbocycles. The van der Waals surface area contributed by atoms with Crippen LogP contribution in [0.5, 0.6) is 0 Å². The first kappa shape index (κ1) is 12.9. The molecular weight excluding hydrogens is 242 g/mol. The van der Waals surface area contributed by atoms with Gasteiger partial charge in [0, 0.05) is 12.0 Å². The van der Waals surface area contributed by atoms with E-state index in [1.165, 1.54) is 12.8 Å². The molecule has 1 amide bonds. The van der Waals surface area contributed by atoms with Crippen molar-refractivity contribution >= 4 is 11.9 Å². The molecule has 4 nitrogen and oxygen atoms in total. The zero-order valence-corrected chi connectivity index (χ0v) is 11.3. The molecule has 3 fully saturated rings. The van der Waals surface area contributed by atoms with Gasteiger partial charge in [-0.2, -0.15) is 0 Å². The number of amides is 1. The average molecular weight is 265 g/mol. The molecule has 4 heteroatoms. The molecule has 0 heterocycles. The third-order valence-corrected chi connectivity index (χ3v) is 5.06. The van der Waals surface area contributed by atoms with E-state index in [9.17, 15) is 14.7 Å². The lowest BCUT2D eigenvalue weighted by atomic mass is 9.94. The molecule has 106 valence electrons. The Morgan fingerprint density at radius 2 is 1.68 bits per heavy atom. The van der Waals surface area contributed by atoms with Crippen LogP contribution in [0.15, 0.2) is 0 Å². The predicted molar refractivity (Wildman–Crippen MR) is 70.5 cm³/mol. The SMILES string of the molecule is O=C(N[C@H]1CCCCC[C@H]1C(=O)O)[C@H]1C[C@H]1C1CC1. The lowest BCUT2D eigenvalue weighted by Crippen LogP contribution is -2.43. The largest absolute Gasteiger partial charge is 0.481 e. The molecular formula is C15H23NO3. The summed E-state index contributed by atoms with van der Waals surface area (Å²) in [6, 6.07) is -0.145. The number of carboxylic acid groups (broad SMARTS) is 1. The topological polar surface area (TPSA) is 66.4 Å². The van der Waals surface area contributed by atoms with Gasteiger partial charge in [0.25, 0.3) is 0 Å². The first-order chi connectivity index (χ1) is 9.16. The van der Waals surface area contributed by atoms with Crippen molar-refractivity contribution in [2.24, 2.45) is 23.7 Å². The molecule has 0 aromatic heterocycles. The number of carbonyl (C=O) groups is 2. The molecule has 4 atom stereocenters. The van der Waals surface area contributed by atoms with E-state index in [2.05, 4.69) is 5.32 Å². The van der Waals surface area contributed by atoms with Crippen LogP contribution in [0.4, 0.5) is 0 Å². The molecule has 3 aliphatic carbocycles. The van der Waals surface area contributed by atoms with Crippen LogP contribution in [-0.4, -0.2) is 23.0 Å². The lowest BCUT2D eigenvalue weighted by molar-refractivity contribution is -0.143. The first-order valence-corrected chi connectivity index (χ1v) is 7.70. The Balaban J connectivity index is 1.56. The number of nitrogens with one attached hydrogen (secondary N) is 1. The highest BCUT2D eigenvalue weighted by Crippen LogP contribution is 2.54. The fourth-order valence-electron chi connectivity index (χ4n) is 3.63. The molecule has 0 saturated heterocycles. The van der Waals surface area contributed by atoms with Crippen molar-refractivity contribution in [1.82, 2.24) is 5.32 Å². The van der Waals surface area contributed by atoms with Crippen molar-refractivity contribution < 1.29 is 14.7 Å². The monoisotopic (exact) mass is 265 g/mol. The van der Waals surface area contributed by atoms with Crippen LogP contribution >= 0.6 is 0 Å². The summed E-state index contributed by atoms with van der Waals surface area (Å²) in [6.07, 6.45) is 8.22. The number of aliphatic carboxylic acids is 1. The normalized spacial score (nSPS) is 38.3. The Morgan fingerprint density at radius 1 is 0.947 bits per heavy atom. The van der Waals surface area contributed by atoms with Crippen molar-refractivity contribution in [3.05, 3.63) is 0 Å². The Bertz CT molecular complexity index is 378. The van der Waals surface area contributed by atoms with E-state index in [1.807, 2.05) is 0 Å². The summed E-state index contributed by atoms with van der Waals surface area (Å²) in [4.78, 5) is 23.5. The van der Waals surface area contributed by atoms with Gasteiger partial charge in [-0.1, -0.05) is 19.3 Å². The van der Waals surface area contributed by atoms with Crippen LogP contribution in [0.2, 0.25) is 0 Å². The predicted octanol–water partition coefficient (Wildman–Crippen LogP) is 2.18. The van der Waals surface area contributed by atoms with Gasteiger partial charge >= 0.3 is 5.97 Å². The van der Waals surface area contributed by atoms with Gasteiger partial charge in [0.2, 0.25) is 5.91 Å². The van der Waals surface area contributed by atoms with E-state index in [4.69, 9.17) is 0 Å². The van der Waals surface area contributed by atoms with E-state index < -0.39 is 5.97 Å². The highest BCUT2D eigenvalue weighted by atomic mass is 16.4. The van der Waals surface area contributed by atoms with Gasteiger partial charge in [0.15, 0.2) is 0 Å². The minimum Gasteiger partial charge on any atom is -0.481 e. The minimum absolute atomic E-state index is 0.120. The summed E-state index contributed by atoms with van der Waals surface area (Å²) in [5.41, 5.74) is 0. The number of rotatable bonds is 4. The molecule has 3 aliphatic rings. The van der Waals surface area contributed by atoms with Gasteiger partial charge in [-0.05, 0) is 43.9 Å². The maximum absolute atomic E-state index is 12.2. The van der Waals surface area contributed by atoms with Crippen LogP contribution in [0.1, 0.15) is 51.4 Å². The third-order valence-electron chi connectivity index (χ3n) is 5.06. The van der Waals surface area contributed by atoms with Crippen LogP contribution in [0.3, 0.4) is 0 Å². The van der Waals surface area contributed by atoms with E-state index in [0.717, 1.165) is 38.0 Å². The standard InChI is InChI=1S/C15H23NO3/c17-14(12-8-11(12)9-6-7-9)16-13-5-3-1-2-4-10(13)15(18)19/h9-13H,1-8H2,(H,16,17)(H,18,19)/t10-,11+,12+,13+/m1/s1. The molecule has 3 rings (SSSR count). The van der Waals surface area contributed by atoms with Crippen molar-refractivity contribution in [2.75, 3.05) is 0 Å². The van der Waals surface area contributed by atoms with Gasteiger partial charge in [0.1, 0.15) is 0 Å². The molecule has 3 saturated carbocycles. The summed E-state index contributed by atoms with van der Waals surface area (Å²) in [6.45, 7) is 0. The molecule has 0 radical (unpaired) electrons. The highest BCUT2D eigenvalue weighted by Gasteiger charge is 2.51. The Hall–Kier alpha value is -1.06. The van der Waals surface area contributed by atoms with Gasteiger partial charge in [0.05, 0.1) is 5.92 Å². The molecule has 0 bridgehead atoms. The minimum atomic E-state index is -0.748. The van der Waals surface area contributed by atoms with Crippen molar-refractivity contribution in [2.45, 2.75) is 57.4 Å². The van der Waals surface area contributed by atoms with Crippen molar-refractivity contribution in [3.63, 3.8) is 0 Å². The molecule has 0 unspecified atom stereocenters. The molecule has 19 heavy (non-hydrogen) atoms. The second-order valence-corrected chi connectivity index (χ2v) is 6.54. The van der Waals surface area contributed by atoms with Crippen LogP contribution in [0.25, 0.3) is 0 Å². The second-order valence-electron chi connectivity index (χ2n) is 6.54. The Morgan fingerprint density at radius 3 is 2.37 bits per heavy atom. The lowest BCUT2D eigenvalue weighted by Gasteiger charge is -2.23. The molecule has 2 N–H and O–H groups in total. The van der Waals surface area contributed by atoms with E-state index in [1.54, 1.807) is 0 Å². The fraction of sp³-hybridized carbons (Fsp3) is 0.867. The summed E-state index contributed by atoms with van der Waals surface area (Å²) < 4.78 is 0. The zero-order valence-electron chi connectivity index (χ0n) is 11.3. The van der Waals surface area contributed by atoms with Gasteiger partial charge in [-0.25, -0.2) is 0 Å². The number of carboxylic acids is 1. The number of hydrogen-bond donors (Lipinski definition) is 2. The molecule has 0 aromatic rings. The van der Waals surface area contributed by atoms with Crippen molar-refractivity contribution in [3.8, 4) is 0 Å². The summed E-state index contributed by atoms with van der Waals surface area (Å²) in [7, 11) is 0. The Labute approximate surface area is 113 Å². The highest BCUT2D eigenvalue weighted by molar-refractivity contribution is 5.83. The van der Waals surface area contributed by atoms with Gasteiger partial charge in [-0.3, -0.25) is 9.59 Å². The van der Waals surface area contributed by atoms with Crippen molar-refractivity contribution in [1.29, 1.82) is 0 Å². The van der Waals surface area contributed by atoms with Gasteiger partial charge < -0.3 is 10.4 Å². The maximum Gasteiger partial charge on any atom is 0.308 e. The van der Waals surface area contributed by atoms with Crippen LogP contribution in [-0.2, 0) is 9.59 Å². The van der Waals surface area contributed by atoms with E-state index >= 15 is 0 Å². The number of carbonyl (C=O) groups excluding carboxylic acids is 1. The summed E-state index contributed by atoms with van der Waals surface area (Å²) in [5.74, 6) is 0.570. The Kier molecular flexibility index (Phi) is 3.50. The summed E-state index contributed by atoms with van der Waals surface area (Å²) in [5, 5.41) is 12.3. The van der Waals surface area contributed by atoms with Gasteiger partial charge in [-0.15, -0.1) is 0 Å². The first-order valence-electron chi connectivity index (χ1n) is 7.70. The maximum atomic E-state index is 12.2. The van der Waals surface area contributed by atoms with E-state index in [0.29, 0.717) is 12.3 Å².